The van der Waals surface area contributed by atoms with Crippen molar-refractivity contribution >= 4 is 37.4 Å². The fourth-order valence-corrected chi connectivity index (χ4v) is 0. The predicted octanol–water partition coefficient (Wildman–Crippen LogP) is -1.58. The second kappa shape index (κ2) is 9.37. The van der Waals surface area contributed by atoms with Crippen LogP contribution in [0.25, 0.3) is 0 Å². The fraction of sp³-hybridized carbons (Fsp3) is 0. The van der Waals surface area contributed by atoms with Gasteiger partial charge in [0.1, 0.15) is 0 Å². The van der Waals surface area contributed by atoms with Crippen molar-refractivity contribution in [3.05, 3.63) is 0 Å². The van der Waals surface area contributed by atoms with Crippen molar-refractivity contribution in [2.75, 3.05) is 0 Å². The first kappa shape index (κ1) is 22.4. The summed E-state index contributed by atoms with van der Waals surface area (Å²) in [5, 5.41) is 0. The summed E-state index contributed by atoms with van der Waals surface area (Å²) in [7, 11) is -4.64. The summed E-state index contributed by atoms with van der Waals surface area (Å²) in [4.78, 5) is 21.6. The van der Waals surface area contributed by atoms with Gasteiger partial charge in [-0.25, -0.2) is 4.57 Å². The molecule has 1 radical (unpaired) electrons. The van der Waals surface area contributed by atoms with Gasteiger partial charge in [0.25, 0.3) is 0 Å². The van der Waals surface area contributed by atoms with Gasteiger partial charge < -0.3 is 14.7 Å². The van der Waals surface area contributed by atoms with E-state index in [0.717, 1.165) is 0 Å². The van der Waals surface area contributed by atoms with Gasteiger partial charge in [0.05, 0.1) is 0 Å². The standard InChI is InChI=1S/Ag.Fe.Na.H3O4P.H/c;;;1-5(2,3)4;/h;;;(H3,1,2,3,4);. The SMILES string of the molecule is O=P(O)(O)O.[Ag].[Fe].[NaH]. The minimum atomic E-state index is -4.64. The van der Waals surface area contributed by atoms with Gasteiger partial charge in [-0.15, -0.1) is 0 Å². The fourth-order valence-electron chi connectivity index (χ4n) is 0. The van der Waals surface area contributed by atoms with E-state index in [1.165, 1.54) is 0 Å². The number of phosphoric acid groups is 1. The van der Waals surface area contributed by atoms with E-state index in [1.54, 1.807) is 0 Å². The monoisotopic (exact) mass is 285 g/mol. The van der Waals surface area contributed by atoms with Crippen molar-refractivity contribution in [1.82, 2.24) is 0 Å². The number of hydrogen-bond acceptors (Lipinski definition) is 1. The maximum absolute atomic E-state index is 8.88. The van der Waals surface area contributed by atoms with Crippen molar-refractivity contribution in [3.63, 3.8) is 0 Å². The van der Waals surface area contributed by atoms with Gasteiger partial charge >= 0.3 is 37.4 Å². The minimum absolute atomic E-state index is 0. The van der Waals surface area contributed by atoms with Gasteiger partial charge in [-0.05, 0) is 0 Å². The predicted molar refractivity (Wildman–Crippen MR) is 21.4 cm³/mol. The molecule has 0 saturated heterocycles. The summed E-state index contributed by atoms with van der Waals surface area (Å²) < 4.78 is 8.88. The third kappa shape index (κ3) is 80.9. The Hall–Kier alpha value is 2.37. The third-order valence-corrected chi connectivity index (χ3v) is 0. The molecule has 0 rings (SSSR count). The summed E-state index contributed by atoms with van der Waals surface area (Å²) in [5.41, 5.74) is 0. The average molecular weight is 286 g/mol. The summed E-state index contributed by atoms with van der Waals surface area (Å²) in [6.45, 7) is 0. The molecule has 0 aliphatic carbocycles. The van der Waals surface area contributed by atoms with Crippen molar-refractivity contribution < 1.29 is 58.7 Å². The van der Waals surface area contributed by atoms with E-state index in [0.29, 0.717) is 0 Å². The molecule has 8 heteroatoms. The molecule has 0 spiro atoms. The van der Waals surface area contributed by atoms with Gasteiger partial charge in [-0.1, -0.05) is 0 Å². The van der Waals surface area contributed by atoms with Gasteiger partial charge in [0.2, 0.25) is 0 Å². The van der Waals surface area contributed by atoms with Crippen LogP contribution in [0.15, 0.2) is 0 Å². The van der Waals surface area contributed by atoms with Crippen LogP contribution in [0.2, 0.25) is 0 Å². The molecule has 0 aliphatic rings. The molecule has 53 valence electrons. The van der Waals surface area contributed by atoms with Gasteiger partial charge in [0, 0.05) is 39.4 Å². The molecule has 0 fully saturated rings. The summed E-state index contributed by atoms with van der Waals surface area (Å²) in [5.74, 6) is 0. The summed E-state index contributed by atoms with van der Waals surface area (Å²) in [6.07, 6.45) is 0. The molecular weight excluding hydrogens is 282 g/mol. The molecule has 0 aliphatic heterocycles. The first-order chi connectivity index (χ1) is 2.00. The van der Waals surface area contributed by atoms with Crippen LogP contribution in [0.3, 0.4) is 0 Å². The number of rotatable bonds is 0. The molecule has 4 nitrogen and oxygen atoms in total. The third-order valence-electron chi connectivity index (χ3n) is 0. The van der Waals surface area contributed by atoms with Gasteiger partial charge in [-0.2, -0.15) is 0 Å². The van der Waals surface area contributed by atoms with Crippen LogP contribution >= 0.6 is 7.82 Å². The second-order valence-electron chi connectivity index (χ2n) is 0.513. The molecule has 0 bridgehead atoms. The molecule has 0 saturated carbocycles. The normalized spacial score (nSPS) is 7.38. The molecule has 0 aromatic carbocycles. The molecule has 3 N–H and O–H groups in total. The van der Waals surface area contributed by atoms with E-state index in [4.69, 9.17) is 19.2 Å². The number of hydrogen-bond donors (Lipinski definition) is 3. The Morgan fingerprint density at radius 2 is 1.12 bits per heavy atom. The van der Waals surface area contributed by atoms with Crippen molar-refractivity contribution in [2.45, 2.75) is 0 Å². The zero-order valence-corrected chi connectivity index (χ0v) is 6.33. The molecule has 0 atom stereocenters. The average Bonchev–Trinajstić information content (AvgIpc) is 0.722. The Bertz CT molecular complexity index is 62.2. The first-order valence-electron chi connectivity index (χ1n) is 0.783. The first-order valence-corrected chi connectivity index (χ1v) is 2.35. The van der Waals surface area contributed by atoms with Gasteiger partial charge in [0.15, 0.2) is 0 Å². The molecule has 0 aromatic heterocycles. The Labute approximate surface area is 94.9 Å². The van der Waals surface area contributed by atoms with Gasteiger partial charge in [-0.3, -0.25) is 0 Å². The Kier molecular flexibility index (Phi) is 26.3. The Balaban J connectivity index is -0.0000000267. The van der Waals surface area contributed by atoms with Crippen molar-refractivity contribution in [3.8, 4) is 0 Å². The zero-order chi connectivity index (χ0) is 4.50. The van der Waals surface area contributed by atoms with Crippen molar-refractivity contribution in [1.29, 1.82) is 0 Å². The van der Waals surface area contributed by atoms with Crippen LogP contribution in [-0.4, -0.2) is 44.2 Å². The van der Waals surface area contributed by atoms with Crippen LogP contribution in [0.4, 0.5) is 0 Å². The maximum atomic E-state index is 8.88. The Morgan fingerprint density at radius 1 is 1.12 bits per heavy atom. The molecule has 0 unspecified atom stereocenters. The van der Waals surface area contributed by atoms with E-state index in [1.807, 2.05) is 0 Å². The van der Waals surface area contributed by atoms with E-state index in [-0.39, 0.29) is 69.0 Å². The summed E-state index contributed by atoms with van der Waals surface area (Å²) in [6, 6.07) is 0. The van der Waals surface area contributed by atoms with Crippen LogP contribution in [0.1, 0.15) is 0 Å². The molecule has 0 heterocycles. The summed E-state index contributed by atoms with van der Waals surface area (Å²) >= 11 is 0. The molecule has 0 aromatic rings. The van der Waals surface area contributed by atoms with Crippen LogP contribution in [-0.2, 0) is 44.0 Å². The molecular formula is H4AgFeNaO4P. The van der Waals surface area contributed by atoms with Crippen molar-refractivity contribution in [2.24, 2.45) is 0 Å². The van der Waals surface area contributed by atoms with Crippen LogP contribution < -0.4 is 0 Å². The van der Waals surface area contributed by atoms with Crippen LogP contribution in [0, 0.1) is 0 Å². The Morgan fingerprint density at radius 3 is 1.12 bits per heavy atom. The molecule has 0 amide bonds. The van der Waals surface area contributed by atoms with E-state index >= 15 is 0 Å². The quantitative estimate of drug-likeness (QED) is 0.371. The molecule has 8 heavy (non-hydrogen) atoms. The van der Waals surface area contributed by atoms with Crippen LogP contribution in [0.5, 0.6) is 0 Å². The van der Waals surface area contributed by atoms with E-state index in [9.17, 15) is 0 Å². The second-order valence-corrected chi connectivity index (χ2v) is 1.54. The van der Waals surface area contributed by atoms with E-state index in [2.05, 4.69) is 0 Å². The zero-order valence-electron chi connectivity index (χ0n) is 2.85. The topological polar surface area (TPSA) is 77.8 Å². The van der Waals surface area contributed by atoms with E-state index < -0.39 is 7.82 Å².